The van der Waals surface area contributed by atoms with Crippen molar-refractivity contribution in [3.63, 3.8) is 0 Å². The lowest BCUT2D eigenvalue weighted by Gasteiger charge is -2.02. The Kier molecular flexibility index (Phi) is 2.90. The highest BCUT2D eigenvalue weighted by molar-refractivity contribution is 5.92. The zero-order valence-electron chi connectivity index (χ0n) is 11.2. The van der Waals surface area contributed by atoms with Crippen LogP contribution in [-0.2, 0) is 0 Å². The van der Waals surface area contributed by atoms with Crippen LogP contribution in [0.4, 0.5) is 0 Å². The molecule has 3 heterocycles. The van der Waals surface area contributed by atoms with Crippen LogP contribution in [0, 0.1) is 0 Å². The molecule has 0 bridgehead atoms. The van der Waals surface area contributed by atoms with Crippen molar-refractivity contribution in [1.29, 1.82) is 0 Å². The molecule has 106 valence electrons. The topological polar surface area (TPSA) is 84.1 Å². The molecule has 1 fully saturated rings. The van der Waals surface area contributed by atoms with Crippen LogP contribution >= 0.6 is 0 Å². The maximum absolute atomic E-state index is 9.56. The van der Waals surface area contributed by atoms with E-state index in [-0.39, 0.29) is 12.1 Å². The number of benzene rings is 1. The number of aliphatic hydroxyl groups is 1. The summed E-state index contributed by atoms with van der Waals surface area (Å²) >= 11 is 0. The molecule has 0 unspecified atom stereocenters. The molecule has 4 rings (SSSR count). The molecule has 3 aromatic rings. The van der Waals surface area contributed by atoms with Crippen LogP contribution in [0.25, 0.3) is 22.3 Å². The smallest absolute Gasteiger partial charge is 0.244 e. The minimum Gasteiger partial charge on any atom is -0.392 e. The molecule has 6 nitrogen and oxygen atoms in total. The first kappa shape index (κ1) is 12.4. The van der Waals surface area contributed by atoms with Crippen molar-refractivity contribution in [2.45, 2.75) is 18.6 Å². The first-order valence-electron chi connectivity index (χ1n) is 6.90. The van der Waals surface area contributed by atoms with Gasteiger partial charge in [-0.25, -0.2) is 0 Å². The van der Waals surface area contributed by atoms with Gasteiger partial charge in [-0.05, 0) is 17.9 Å². The summed E-state index contributed by atoms with van der Waals surface area (Å²) in [6.07, 6.45) is 1.97. The number of aliphatic hydroxyl groups excluding tert-OH is 1. The van der Waals surface area contributed by atoms with E-state index in [2.05, 4.69) is 20.4 Å². The average Bonchev–Trinajstić information content (AvgIpc) is 3.15. The van der Waals surface area contributed by atoms with Gasteiger partial charge < -0.3 is 14.9 Å². The standard InChI is InChI=1S/C15H14N4O2/c20-10-7-12(17-8-10)15-18-14(19-21-15)13-11-4-2-1-3-9(11)5-6-16-13/h1-6,10,12,17,20H,7-8H2/t10-,12-/m1/s1. The third-order valence-electron chi connectivity index (χ3n) is 3.73. The van der Waals surface area contributed by atoms with E-state index in [1.807, 2.05) is 30.3 Å². The second kappa shape index (κ2) is 4.91. The Balaban J connectivity index is 1.74. The van der Waals surface area contributed by atoms with Gasteiger partial charge in [-0.1, -0.05) is 29.4 Å². The van der Waals surface area contributed by atoms with Crippen molar-refractivity contribution < 1.29 is 9.63 Å². The summed E-state index contributed by atoms with van der Waals surface area (Å²) in [5.74, 6) is 0.973. The lowest BCUT2D eigenvalue weighted by molar-refractivity contribution is 0.191. The van der Waals surface area contributed by atoms with Gasteiger partial charge in [0.1, 0.15) is 5.69 Å². The summed E-state index contributed by atoms with van der Waals surface area (Å²) in [5.41, 5.74) is 0.710. The summed E-state index contributed by atoms with van der Waals surface area (Å²) in [4.78, 5) is 8.81. The number of pyridine rings is 1. The highest BCUT2D eigenvalue weighted by Crippen LogP contribution is 2.27. The van der Waals surface area contributed by atoms with Crippen molar-refractivity contribution in [3.8, 4) is 11.5 Å². The van der Waals surface area contributed by atoms with Gasteiger partial charge in [0.25, 0.3) is 0 Å². The first-order valence-corrected chi connectivity index (χ1v) is 6.90. The Morgan fingerprint density at radius 3 is 3.00 bits per heavy atom. The van der Waals surface area contributed by atoms with E-state index >= 15 is 0 Å². The molecule has 1 saturated heterocycles. The fraction of sp³-hybridized carbons (Fsp3) is 0.267. The van der Waals surface area contributed by atoms with Crippen LogP contribution in [0.1, 0.15) is 18.4 Å². The predicted molar refractivity (Wildman–Crippen MR) is 76.4 cm³/mol. The molecule has 0 spiro atoms. The number of β-amino-alcohol motifs (C(OH)–C–C–N with tert-alkyl or cyclic N) is 1. The van der Waals surface area contributed by atoms with E-state index in [9.17, 15) is 5.11 Å². The quantitative estimate of drug-likeness (QED) is 0.744. The zero-order chi connectivity index (χ0) is 14.2. The van der Waals surface area contributed by atoms with E-state index < -0.39 is 0 Å². The molecule has 1 aliphatic heterocycles. The van der Waals surface area contributed by atoms with Gasteiger partial charge in [-0.15, -0.1) is 0 Å². The molecule has 1 aliphatic rings. The van der Waals surface area contributed by atoms with Crippen LogP contribution in [-0.4, -0.2) is 32.9 Å². The lowest BCUT2D eigenvalue weighted by atomic mass is 10.1. The number of nitrogens with one attached hydrogen (secondary N) is 1. The highest BCUT2D eigenvalue weighted by Gasteiger charge is 2.28. The molecule has 21 heavy (non-hydrogen) atoms. The maximum atomic E-state index is 9.56. The molecule has 0 amide bonds. The first-order chi connectivity index (χ1) is 10.3. The lowest BCUT2D eigenvalue weighted by Crippen LogP contribution is -2.15. The number of hydrogen-bond acceptors (Lipinski definition) is 6. The number of aromatic nitrogens is 3. The maximum Gasteiger partial charge on any atom is 0.244 e. The van der Waals surface area contributed by atoms with E-state index in [1.54, 1.807) is 6.20 Å². The Labute approximate surface area is 120 Å². The fourth-order valence-electron chi connectivity index (χ4n) is 2.68. The molecule has 2 aromatic heterocycles. The number of nitrogens with zero attached hydrogens (tertiary/aromatic N) is 3. The molecule has 0 radical (unpaired) electrons. The van der Waals surface area contributed by atoms with Crippen LogP contribution < -0.4 is 5.32 Å². The van der Waals surface area contributed by atoms with E-state index in [0.29, 0.717) is 30.4 Å². The summed E-state index contributed by atoms with van der Waals surface area (Å²) in [5, 5.41) is 18.8. The fourth-order valence-corrected chi connectivity index (χ4v) is 2.68. The van der Waals surface area contributed by atoms with E-state index in [4.69, 9.17) is 4.52 Å². The van der Waals surface area contributed by atoms with Gasteiger partial charge in [-0.3, -0.25) is 4.98 Å². The van der Waals surface area contributed by atoms with E-state index in [1.165, 1.54) is 0 Å². The van der Waals surface area contributed by atoms with Gasteiger partial charge >= 0.3 is 0 Å². The average molecular weight is 282 g/mol. The van der Waals surface area contributed by atoms with Crippen molar-refractivity contribution in [1.82, 2.24) is 20.4 Å². The minimum atomic E-state index is -0.360. The molecule has 0 saturated carbocycles. The molecular weight excluding hydrogens is 268 g/mol. The summed E-state index contributed by atoms with van der Waals surface area (Å²) in [7, 11) is 0. The minimum absolute atomic E-state index is 0.0868. The van der Waals surface area contributed by atoms with Crippen LogP contribution in [0.3, 0.4) is 0 Å². The summed E-state index contributed by atoms with van der Waals surface area (Å²) in [6.45, 7) is 0.550. The summed E-state index contributed by atoms with van der Waals surface area (Å²) in [6, 6.07) is 9.83. The second-order valence-corrected chi connectivity index (χ2v) is 5.19. The molecule has 1 aromatic carbocycles. The normalized spacial score (nSPS) is 22.0. The second-order valence-electron chi connectivity index (χ2n) is 5.19. The third kappa shape index (κ3) is 2.18. The van der Waals surface area contributed by atoms with Gasteiger partial charge in [0, 0.05) is 18.1 Å². The highest BCUT2D eigenvalue weighted by atomic mass is 16.5. The van der Waals surface area contributed by atoms with Crippen molar-refractivity contribution in [2.75, 3.05) is 6.54 Å². The third-order valence-corrected chi connectivity index (χ3v) is 3.73. The molecule has 6 heteroatoms. The predicted octanol–water partition coefficient (Wildman–Crippen LogP) is 1.68. The zero-order valence-corrected chi connectivity index (χ0v) is 11.2. The Morgan fingerprint density at radius 2 is 2.14 bits per heavy atom. The Hall–Kier alpha value is -2.31. The monoisotopic (exact) mass is 282 g/mol. The number of fused-ring (bicyclic) bond motifs is 1. The number of rotatable bonds is 2. The van der Waals surface area contributed by atoms with Crippen LogP contribution in [0.2, 0.25) is 0 Å². The SMILES string of the molecule is O[C@H]1CN[C@@H](c2nc(-c3nccc4ccccc34)no2)C1. The largest absolute Gasteiger partial charge is 0.392 e. The molecule has 0 aliphatic carbocycles. The molecule has 2 N–H and O–H groups in total. The van der Waals surface area contributed by atoms with Crippen LogP contribution in [0.5, 0.6) is 0 Å². The van der Waals surface area contributed by atoms with Gasteiger partial charge in [0.2, 0.25) is 11.7 Å². The van der Waals surface area contributed by atoms with Crippen molar-refractivity contribution >= 4 is 10.8 Å². The Morgan fingerprint density at radius 1 is 1.24 bits per heavy atom. The summed E-state index contributed by atoms with van der Waals surface area (Å²) < 4.78 is 5.33. The molecular formula is C15H14N4O2. The van der Waals surface area contributed by atoms with Crippen molar-refractivity contribution in [3.05, 3.63) is 42.4 Å². The van der Waals surface area contributed by atoms with Crippen molar-refractivity contribution in [2.24, 2.45) is 0 Å². The van der Waals surface area contributed by atoms with Gasteiger partial charge in [-0.2, -0.15) is 4.98 Å². The van der Waals surface area contributed by atoms with Gasteiger partial charge in [0.05, 0.1) is 12.1 Å². The molecule has 2 atom stereocenters. The van der Waals surface area contributed by atoms with Gasteiger partial charge in [0.15, 0.2) is 0 Å². The Bertz CT molecular complexity index is 781. The number of hydrogen-bond donors (Lipinski definition) is 2. The van der Waals surface area contributed by atoms with E-state index in [0.717, 1.165) is 10.8 Å². The van der Waals surface area contributed by atoms with Crippen LogP contribution in [0.15, 0.2) is 41.1 Å².